The molecule has 0 nitrogen and oxygen atoms in total. The van der Waals surface area contributed by atoms with Gasteiger partial charge in [-0.25, -0.2) is 4.39 Å². The summed E-state index contributed by atoms with van der Waals surface area (Å²) in [5.74, 6) is -0.256. The van der Waals surface area contributed by atoms with Crippen LogP contribution in [0.1, 0.15) is 53.0 Å². The zero-order chi connectivity index (χ0) is 28.0. The molecule has 0 aliphatic carbocycles. The molecule has 0 aliphatic rings. The molecular formula is C32H27F7. The molecule has 39 heavy (non-hydrogen) atoms. The number of hydrogen-bond acceptors (Lipinski definition) is 0. The molecule has 0 spiro atoms. The summed E-state index contributed by atoms with van der Waals surface area (Å²) in [4.78, 5) is 0. The van der Waals surface area contributed by atoms with Gasteiger partial charge in [-0.05, 0) is 84.0 Å². The van der Waals surface area contributed by atoms with Crippen LogP contribution in [0.2, 0.25) is 0 Å². The fourth-order valence-electron chi connectivity index (χ4n) is 4.98. The van der Waals surface area contributed by atoms with Crippen molar-refractivity contribution >= 4 is 0 Å². The number of benzene rings is 4. The SMILES string of the molecule is Fc1ccc(C(CCCc2ccccc2)CCc2cccc(-c3cccc(C(F)(F)F)c3C(F)(F)F)c2)cc1. The number of rotatable bonds is 9. The monoisotopic (exact) mass is 544 g/mol. The first kappa shape index (κ1) is 28.4. The zero-order valence-corrected chi connectivity index (χ0v) is 21.0. The standard InChI is InChI=1S/C32H27F7/c33-27-19-17-25(18-20-27)24(11-4-9-22-7-2-1-3-8-22)16-15-23-10-5-12-26(21-23)28-13-6-14-29(31(34,35)36)30(28)32(37,38)39/h1-3,5-8,10,12-14,17-21,24H,4,9,11,15-16H2. The summed E-state index contributed by atoms with van der Waals surface area (Å²) < 4.78 is 95.3. The van der Waals surface area contributed by atoms with Crippen molar-refractivity contribution in [2.45, 2.75) is 50.4 Å². The lowest BCUT2D eigenvalue weighted by atomic mass is 9.87. The van der Waals surface area contributed by atoms with E-state index in [9.17, 15) is 30.7 Å². The second-order valence-electron chi connectivity index (χ2n) is 9.59. The van der Waals surface area contributed by atoms with Gasteiger partial charge in [-0.15, -0.1) is 0 Å². The molecule has 0 saturated carbocycles. The van der Waals surface area contributed by atoms with Crippen LogP contribution in [0.4, 0.5) is 30.7 Å². The molecule has 4 aromatic rings. The molecule has 0 aromatic heterocycles. The Morgan fingerprint density at radius 3 is 1.92 bits per heavy atom. The maximum Gasteiger partial charge on any atom is 0.417 e. The highest BCUT2D eigenvalue weighted by molar-refractivity contribution is 5.70. The smallest absolute Gasteiger partial charge is 0.207 e. The third-order valence-electron chi connectivity index (χ3n) is 6.88. The Hall–Kier alpha value is -3.61. The van der Waals surface area contributed by atoms with Gasteiger partial charge >= 0.3 is 12.4 Å². The fourth-order valence-corrected chi connectivity index (χ4v) is 4.98. The molecule has 204 valence electrons. The first-order chi connectivity index (χ1) is 18.5. The fraction of sp³-hybridized carbons (Fsp3) is 0.250. The van der Waals surface area contributed by atoms with E-state index in [1.807, 2.05) is 18.2 Å². The summed E-state index contributed by atoms with van der Waals surface area (Å²) in [6, 6.07) is 25.1. The van der Waals surface area contributed by atoms with Gasteiger partial charge in [0.25, 0.3) is 0 Å². The lowest BCUT2D eigenvalue weighted by Gasteiger charge is -2.20. The van der Waals surface area contributed by atoms with Crippen LogP contribution in [0.5, 0.6) is 0 Å². The molecule has 0 amide bonds. The third-order valence-corrected chi connectivity index (χ3v) is 6.88. The van der Waals surface area contributed by atoms with E-state index in [0.29, 0.717) is 24.5 Å². The molecule has 0 fully saturated rings. The van der Waals surface area contributed by atoms with Crippen LogP contribution in [0.15, 0.2) is 97.1 Å². The summed E-state index contributed by atoms with van der Waals surface area (Å²) in [6.45, 7) is 0. The minimum atomic E-state index is -5.18. The molecule has 4 rings (SSSR count). The van der Waals surface area contributed by atoms with Crippen molar-refractivity contribution in [3.05, 3.63) is 131 Å². The Labute approximate surface area is 223 Å². The zero-order valence-electron chi connectivity index (χ0n) is 21.0. The van der Waals surface area contributed by atoms with Gasteiger partial charge < -0.3 is 0 Å². The maximum absolute atomic E-state index is 13.8. The number of halogens is 7. The summed E-state index contributed by atoms with van der Waals surface area (Å²) in [5, 5.41) is 0. The van der Waals surface area contributed by atoms with Crippen LogP contribution >= 0.6 is 0 Å². The van der Waals surface area contributed by atoms with Crippen molar-refractivity contribution in [3.63, 3.8) is 0 Å². The molecular weight excluding hydrogens is 517 g/mol. The minimum Gasteiger partial charge on any atom is -0.207 e. The Balaban J connectivity index is 1.56. The van der Waals surface area contributed by atoms with Crippen LogP contribution < -0.4 is 0 Å². The summed E-state index contributed by atoms with van der Waals surface area (Å²) in [7, 11) is 0. The highest BCUT2D eigenvalue weighted by Crippen LogP contribution is 2.45. The van der Waals surface area contributed by atoms with Crippen LogP contribution in [0.25, 0.3) is 11.1 Å². The molecule has 7 heteroatoms. The van der Waals surface area contributed by atoms with Crippen molar-refractivity contribution in [1.82, 2.24) is 0 Å². The highest BCUT2D eigenvalue weighted by Gasteiger charge is 2.44. The summed E-state index contributed by atoms with van der Waals surface area (Å²) >= 11 is 0. The third kappa shape index (κ3) is 7.49. The molecule has 0 bridgehead atoms. The first-order valence-corrected chi connectivity index (χ1v) is 12.7. The molecule has 4 aromatic carbocycles. The average Bonchev–Trinajstić information content (AvgIpc) is 2.90. The van der Waals surface area contributed by atoms with E-state index in [2.05, 4.69) is 12.1 Å². The molecule has 1 unspecified atom stereocenters. The van der Waals surface area contributed by atoms with Crippen molar-refractivity contribution in [2.75, 3.05) is 0 Å². The predicted molar refractivity (Wildman–Crippen MR) is 139 cm³/mol. The second kappa shape index (κ2) is 12.1. The van der Waals surface area contributed by atoms with Gasteiger partial charge in [-0.2, -0.15) is 26.3 Å². The Bertz CT molecular complexity index is 1350. The second-order valence-corrected chi connectivity index (χ2v) is 9.59. The van der Waals surface area contributed by atoms with Gasteiger partial charge in [0.15, 0.2) is 0 Å². The minimum absolute atomic E-state index is 0.0772. The quantitative estimate of drug-likeness (QED) is 0.184. The Kier molecular flexibility index (Phi) is 8.78. The van der Waals surface area contributed by atoms with Gasteiger partial charge in [0, 0.05) is 0 Å². The number of alkyl halides is 6. The van der Waals surface area contributed by atoms with Crippen LogP contribution in [-0.2, 0) is 25.2 Å². The average molecular weight is 545 g/mol. The first-order valence-electron chi connectivity index (χ1n) is 12.7. The van der Waals surface area contributed by atoms with E-state index in [0.717, 1.165) is 37.0 Å². The lowest BCUT2D eigenvalue weighted by molar-refractivity contribution is -0.161. The van der Waals surface area contributed by atoms with Gasteiger partial charge in [-0.3, -0.25) is 0 Å². The highest BCUT2D eigenvalue weighted by atomic mass is 19.4. The molecule has 0 saturated heterocycles. The number of aryl methyl sites for hydroxylation is 2. The van der Waals surface area contributed by atoms with E-state index < -0.39 is 29.0 Å². The molecule has 0 radical (unpaired) electrons. The normalized spacial score (nSPS) is 12.9. The van der Waals surface area contributed by atoms with Crippen molar-refractivity contribution in [3.8, 4) is 11.1 Å². The van der Waals surface area contributed by atoms with Gasteiger partial charge in [0.1, 0.15) is 5.82 Å². The van der Waals surface area contributed by atoms with Crippen LogP contribution in [0.3, 0.4) is 0 Å². The maximum atomic E-state index is 13.8. The summed E-state index contributed by atoms with van der Waals surface area (Å²) in [6.07, 6.45) is -6.56. The topological polar surface area (TPSA) is 0 Å². The van der Waals surface area contributed by atoms with Crippen molar-refractivity contribution < 1.29 is 30.7 Å². The van der Waals surface area contributed by atoms with Crippen molar-refractivity contribution in [2.24, 2.45) is 0 Å². The molecule has 0 heterocycles. The molecule has 0 aliphatic heterocycles. The van der Waals surface area contributed by atoms with Crippen LogP contribution in [-0.4, -0.2) is 0 Å². The summed E-state index contributed by atoms with van der Waals surface area (Å²) in [5.41, 5.74) is -0.909. The Morgan fingerprint density at radius 2 is 1.26 bits per heavy atom. The largest absolute Gasteiger partial charge is 0.417 e. The molecule has 0 N–H and O–H groups in total. The van der Waals surface area contributed by atoms with E-state index in [-0.39, 0.29) is 17.3 Å². The van der Waals surface area contributed by atoms with E-state index >= 15 is 0 Å². The van der Waals surface area contributed by atoms with E-state index in [4.69, 9.17) is 0 Å². The van der Waals surface area contributed by atoms with Gasteiger partial charge in [-0.1, -0.05) is 78.9 Å². The van der Waals surface area contributed by atoms with E-state index in [1.54, 1.807) is 24.3 Å². The Morgan fingerprint density at radius 1 is 0.590 bits per heavy atom. The van der Waals surface area contributed by atoms with Crippen LogP contribution in [0, 0.1) is 5.82 Å². The molecule has 1 atom stereocenters. The van der Waals surface area contributed by atoms with Crippen molar-refractivity contribution in [1.29, 1.82) is 0 Å². The number of hydrogen-bond donors (Lipinski definition) is 0. The lowest BCUT2D eigenvalue weighted by Crippen LogP contribution is -2.17. The van der Waals surface area contributed by atoms with Gasteiger partial charge in [0.05, 0.1) is 11.1 Å². The predicted octanol–water partition coefficient (Wildman–Crippen LogP) is 10.3. The van der Waals surface area contributed by atoms with E-state index in [1.165, 1.54) is 29.8 Å². The van der Waals surface area contributed by atoms with Gasteiger partial charge in [0.2, 0.25) is 0 Å².